The topological polar surface area (TPSA) is 41.5 Å². The number of fused-ring (bicyclic) bond motifs is 1. The van der Waals surface area contributed by atoms with Crippen molar-refractivity contribution >= 4 is 15.9 Å². The van der Waals surface area contributed by atoms with E-state index in [0.717, 1.165) is 23.9 Å². The second-order valence-corrected chi connectivity index (χ2v) is 6.38. The molecular weight excluding hydrogens is 294 g/mol. The molecule has 0 saturated carbocycles. The van der Waals surface area contributed by atoms with E-state index in [9.17, 15) is 5.11 Å². The number of aliphatic hydroxyl groups excluding tert-OH is 1. The number of halogens is 1. The molecule has 1 unspecified atom stereocenters. The maximum Gasteiger partial charge on any atom is 0.0579 e. The lowest BCUT2D eigenvalue weighted by molar-refractivity contribution is -0.135. The second-order valence-electron chi connectivity index (χ2n) is 5.47. The molecule has 98 valence electrons. The van der Waals surface area contributed by atoms with E-state index in [1.807, 2.05) is 0 Å². The Hall–Kier alpha value is -0.420. The van der Waals surface area contributed by atoms with Gasteiger partial charge in [0.1, 0.15) is 0 Å². The van der Waals surface area contributed by atoms with Gasteiger partial charge in [-0.2, -0.15) is 0 Å². The van der Waals surface area contributed by atoms with E-state index in [2.05, 4.69) is 39.4 Å². The highest BCUT2D eigenvalue weighted by molar-refractivity contribution is 9.10. The normalized spacial score (nSPS) is 24.7. The fraction of sp³-hybridized carbons (Fsp3) is 0.571. The average Bonchev–Trinajstić information content (AvgIpc) is 2.71. The zero-order chi connectivity index (χ0) is 12.6. The summed E-state index contributed by atoms with van der Waals surface area (Å²) in [6.07, 6.45) is 2.28. The van der Waals surface area contributed by atoms with Gasteiger partial charge in [0, 0.05) is 17.1 Å². The maximum absolute atomic E-state index is 9.42. The molecule has 0 aromatic heterocycles. The highest BCUT2D eigenvalue weighted by Gasteiger charge is 2.38. The fourth-order valence-electron chi connectivity index (χ4n) is 2.78. The van der Waals surface area contributed by atoms with Crippen molar-refractivity contribution in [3.63, 3.8) is 0 Å². The quantitative estimate of drug-likeness (QED) is 0.894. The van der Waals surface area contributed by atoms with Gasteiger partial charge in [-0.25, -0.2) is 0 Å². The number of ether oxygens (including phenoxy) is 1. The van der Waals surface area contributed by atoms with Gasteiger partial charge in [-0.15, -0.1) is 0 Å². The van der Waals surface area contributed by atoms with Crippen LogP contribution in [0.5, 0.6) is 0 Å². The van der Waals surface area contributed by atoms with Crippen LogP contribution in [0.2, 0.25) is 0 Å². The molecule has 0 amide bonds. The van der Waals surface area contributed by atoms with E-state index < -0.39 is 0 Å². The van der Waals surface area contributed by atoms with Gasteiger partial charge in [0.05, 0.1) is 25.2 Å². The summed E-state index contributed by atoms with van der Waals surface area (Å²) in [7, 11) is 0. The molecule has 0 spiro atoms. The van der Waals surface area contributed by atoms with E-state index in [1.165, 1.54) is 11.1 Å². The molecule has 3 rings (SSSR count). The Bertz CT molecular complexity index is 440. The summed E-state index contributed by atoms with van der Waals surface area (Å²) >= 11 is 3.52. The van der Waals surface area contributed by atoms with Crippen LogP contribution in [0.1, 0.15) is 23.6 Å². The van der Waals surface area contributed by atoms with Crippen LogP contribution in [0, 0.1) is 5.41 Å². The Balaban J connectivity index is 1.66. The highest BCUT2D eigenvalue weighted by Crippen LogP contribution is 2.34. The van der Waals surface area contributed by atoms with E-state index in [0.29, 0.717) is 19.3 Å². The van der Waals surface area contributed by atoms with Crippen molar-refractivity contribution in [3.05, 3.63) is 33.8 Å². The van der Waals surface area contributed by atoms with Crippen LogP contribution >= 0.6 is 15.9 Å². The van der Waals surface area contributed by atoms with Gasteiger partial charge < -0.3 is 15.2 Å². The molecule has 0 radical (unpaired) electrons. The Morgan fingerprint density at radius 2 is 2.28 bits per heavy atom. The van der Waals surface area contributed by atoms with Gasteiger partial charge >= 0.3 is 0 Å². The zero-order valence-corrected chi connectivity index (χ0v) is 11.9. The molecule has 2 N–H and O–H groups in total. The Morgan fingerprint density at radius 1 is 1.44 bits per heavy atom. The number of aliphatic hydroxyl groups is 1. The van der Waals surface area contributed by atoms with Gasteiger partial charge in [-0.05, 0) is 36.1 Å². The highest BCUT2D eigenvalue weighted by atomic mass is 79.9. The third kappa shape index (κ3) is 2.23. The van der Waals surface area contributed by atoms with Crippen molar-refractivity contribution in [1.29, 1.82) is 0 Å². The van der Waals surface area contributed by atoms with Crippen molar-refractivity contribution in [3.8, 4) is 0 Å². The molecular formula is C14H18BrNO2. The van der Waals surface area contributed by atoms with Crippen LogP contribution in [0.15, 0.2) is 22.7 Å². The summed E-state index contributed by atoms with van der Waals surface area (Å²) in [4.78, 5) is 0. The molecule has 18 heavy (non-hydrogen) atoms. The number of nitrogens with one attached hydrogen (secondary N) is 1. The minimum Gasteiger partial charge on any atom is -0.396 e. The molecule has 1 aliphatic heterocycles. The summed E-state index contributed by atoms with van der Waals surface area (Å²) in [5, 5.41) is 13.0. The molecule has 2 aliphatic rings. The van der Waals surface area contributed by atoms with Crippen LogP contribution < -0.4 is 5.32 Å². The van der Waals surface area contributed by atoms with Gasteiger partial charge in [0.2, 0.25) is 0 Å². The second kappa shape index (κ2) is 4.93. The van der Waals surface area contributed by atoms with Crippen LogP contribution in [0.4, 0.5) is 0 Å². The number of hydrogen-bond acceptors (Lipinski definition) is 3. The van der Waals surface area contributed by atoms with Crippen LogP contribution in [-0.4, -0.2) is 31.5 Å². The van der Waals surface area contributed by atoms with E-state index >= 15 is 0 Å². The Labute approximate surface area is 116 Å². The standard InChI is InChI=1S/C14H18BrNO2/c15-11-2-3-12-10(5-11)1-4-13(12)16-6-14(7-17)8-18-9-14/h2-3,5,13,16-17H,1,4,6-9H2. The van der Waals surface area contributed by atoms with Crippen molar-refractivity contribution in [2.75, 3.05) is 26.4 Å². The maximum atomic E-state index is 9.42. The minimum atomic E-state index is -0.0435. The fourth-order valence-corrected chi connectivity index (χ4v) is 3.19. The lowest BCUT2D eigenvalue weighted by Gasteiger charge is -2.40. The predicted molar refractivity (Wildman–Crippen MR) is 73.5 cm³/mol. The van der Waals surface area contributed by atoms with Crippen LogP contribution in [0.25, 0.3) is 0 Å². The summed E-state index contributed by atoms with van der Waals surface area (Å²) in [6, 6.07) is 6.95. The number of aryl methyl sites for hydroxylation is 1. The molecule has 1 aliphatic carbocycles. The van der Waals surface area contributed by atoms with E-state index in [4.69, 9.17) is 4.74 Å². The first kappa shape index (κ1) is 12.6. The Kier molecular flexibility index (Phi) is 3.45. The molecule has 3 nitrogen and oxygen atoms in total. The van der Waals surface area contributed by atoms with Crippen LogP contribution in [-0.2, 0) is 11.2 Å². The van der Waals surface area contributed by atoms with E-state index in [-0.39, 0.29) is 12.0 Å². The summed E-state index contributed by atoms with van der Waals surface area (Å²) < 4.78 is 6.38. The summed E-state index contributed by atoms with van der Waals surface area (Å²) in [5.74, 6) is 0. The van der Waals surface area contributed by atoms with Gasteiger partial charge in [-0.3, -0.25) is 0 Å². The number of rotatable bonds is 4. The van der Waals surface area contributed by atoms with E-state index in [1.54, 1.807) is 0 Å². The first-order chi connectivity index (χ1) is 8.72. The third-order valence-electron chi connectivity index (χ3n) is 4.06. The summed E-state index contributed by atoms with van der Waals surface area (Å²) in [6.45, 7) is 2.40. The Morgan fingerprint density at radius 3 is 2.94 bits per heavy atom. The SMILES string of the molecule is OCC1(CNC2CCc3cc(Br)ccc32)COC1. The molecule has 1 aromatic carbocycles. The smallest absolute Gasteiger partial charge is 0.0579 e. The lowest BCUT2D eigenvalue weighted by Crippen LogP contribution is -2.52. The van der Waals surface area contributed by atoms with Gasteiger partial charge in [-0.1, -0.05) is 22.0 Å². The number of benzene rings is 1. The molecule has 0 bridgehead atoms. The minimum absolute atomic E-state index is 0.0435. The van der Waals surface area contributed by atoms with Crippen molar-refractivity contribution in [2.45, 2.75) is 18.9 Å². The van der Waals surface area contributed by atoms with Gasteiger partial charge in [0.25, 0.3) is 0 Å². The first-order valence-corrected chi connectivity index (χ1v) is 7.22. The number of hydrogen-bond donors (Lipinski definition) is 2. The molecule has 1 saturated heterocycles. The molecule has 1 heterocycles. The molecule has 1 aromatic rings. The first-order valence-electron chi connectivity index (χ1n) is 6.43. The molecule has 4 heteroatoms. The molecule has 1 atom stereocenters. The average molecular weight is 312 g/mol. The lowest BCUT2D eigenvalue weighted by atomic mass is 9.86. The van der Waals surface area contributed by atoms with Crippen molar-refractivity contribution in [1.82, 2.24) is 5.32 Å². The third-order valence-corrected chi connectivity index (χ3v) is 4.55. The van der Waals surface area contributed by atoms with Gasteiger partial charge in [0.15, 0.2) is 0 Å². The molecule has 1 fully saturated rings. The zero-order valence-electron chi connectivity index (χ0n) is 10.3. The van der Waals surface area contributed by atoms with Crippen molar-refractivity contribution < 1.29 is 9.84 Å². The monoisotopic (exact) mass is 311 g/mol. The van der Waals surface area contributed by atoms with Crippen LogP contribution in [0.3, 0.4) is 0 Å². The summed E-state index contributed by atoms with van der Waals surface area (Å²) in [5.41, 5.74) is 2.80. The predicted octanol–water partition coefficient (Wildman–Crippen LogP) is 2.03. The van der Waals surface area contributed by atoms with Crippen molar-refractivity contribution in [2.24, 2.45) is 5.41 Å². The largest absolute Gasteiger partial charge is 0.396 e.